The van der Waals surface area contributed by atoms with E-state index in [0.29, 0.717) is 37.9 Å². The van der Waals surface area contributed by atoms with E-state index in [-0.39, 0.29) is 18.5 Å². The maximum absolute atomic E-state index is 13.2. The summed E-state index contributed by atoms with van der Waals surface area (Å²) in [5.41, 5.74) is 6.08. The second-order valence-electron chi connectivity index (χ2n) is 11.0. The van der Waals surface area contributed by atoms with Gasteiger partial charge in [-0.1, -0.05) is 29.5 Å². The standard InChI is InChI=1S/C29H34N10O3/c40-27(38-6-5-25-26(18-38)34-36-33-25)19-39-17-24(28(35-39)42-12-9-37-7-10-41-11-8-37)22-15-30-29(31-16-22)32-23-13-20-3-1-2-4-21(20)14-23/h1-4,15-17,23H,5-14,18-19H2,(H,30,31,32)(H,33,34,36). The van der Waals surface area contributed by atoms with E-state index in [1.165, 1.54) is 11.1 Å². The molecule has 4 aromatic rings. The topological polar surface area (TPSA) is 139 Å². The number of nitrogens with one attached hydrogen (secondary N) is 2. The number of aromatic nitrogens is 7. The number of aromatic amines is 1. The van der Waals surface area contributed by atoms with Crippen LogP contribution >= 0.6 is 0 Å². The predicted molar refractivity (Wildman–Crippen MR) is 153 cm³/mol. The molecule has 1 saturated heterocycles. The Morgan fingerprint density at radius 3 is 2.67 bits per heavy atom. The van der Waals surface area contributed by atoms with Crippen molar-refractivity contribution < 1.29 is 14.3 Å². The molecule has 0 atom stereocenters. The molecule has 1 aliphatic carbocycles. The van der Waals surface area contributed by atoms with Crippen molar-refractivity contribution in [2.75, 3.05) is 51.3 Å². The fourth-order valence-corrected chi connectivity index (χ4v) is 5.83. The Hall–Kier alpha value is -4.36. The lowest BCUT2D eigenvalue weighted by molar-refractivity contribution is -0.133. The van der Waals surface area contributed by atoms with Crippen LogP contribution in [-0.2, 0) is 41.9 Å². The van der Waals surface area contributed by atoms with Crippen LogP contribution in [0.3, 0.4) is 0 Å². The fraction of sp³-hybridized carbons (Fsp3) is 0.448. The second kappa shape index (κ2) is 11.9. The largest absolute Gasteiger partial charge is 0.475 e. The lowest BCUT2D eigenvalue weighted by Gasteiger charge is -2.26. The first kappa shape index (κ1) is 26.5. The molecule has 0 unspecified atom stereocenters. The van der Waals surface area contributed by atoms with Crippen molar-refractivity contribution in [3.63, 3.8) is 0 Å². The average molecular weight is 571 g/mol. The molecule has 1 amide bonds. The first-order valence-corrected chi connectivity index (χ1v) is 14.5. The number of benzene rings is 1. The van der Waals surface area contributed by atoms with Crippen LogP contribution < -0.4 is 10.1 Å². The molecule has 3 aliphatic rings. The van der Waals surface area contributed by atoms with Gasteiger partial charge in [-0.15, -0.1) is 10.2 Å². The van der Waals surface area contributed by atoms with Gasteiger partial charge in [-0.25, -0.2) is 9.97 Å². The molecule has 1 aromatic carbocycles. The van der Waals surface area contributed by atoms with Gasteiger partial charge in [-0.2, -0.15) is 0 Å². The molecule has 5 heterocycles. The van der Waals surface area contributed by atoms with Crippen molar-refractivity contribution in [1.82, 2.24) is 45.0 Å². The van der Waals surface area contributed by atoms with Gasteiger partial charge >= 0.3 is 0 Å². The molecule has 7 rings (SSSR count). The van der Waals surface area contributed by atoms with E-state index >= 15 is 0 Å². The van der Waals surface area contributed by atoms with Gasteiger partial charge in [0.05, 0.1) is 31.0 Å². The fourth-order valence-electron chi connectivity index (χ4n) is 5.83. The van der Waals surface area contributed by atoms with Gasteiger partial charge in [0.1, 0.15) is 18.8 Å². The van der Waals surface area contributed by atoms with Crippen LogP contribution in [0.15, 0.2) is 42.9 Å². The maximum atomic E-state index is 13.2. The molecule has 42 heavy (non-hydrogen) atoms. The van der Waals surface area contributed by atoms with Crippen LogP contribution in [0.4, 0.5) is 5.95 Å². The highest BCUT2D eigenvalue weighted by Gasteiger charge is 2.25. The lowest BCUT2D eigenvalue weighted by atomic mass is 10.1. The van der Waals surface area contributed by atoms with Crippen molar-refractivity contribution in [3.05, 3.63) is 65.4 Å². The van der Waals surface area contributed by atoms with Crippen molar-refractivity contribution >= 4 is 11.9 Å². The minimum Gasteiger partial charge on any atom is -0.475 e. The van der Waals surface area contributed by atoms with Crippen LogP contribution in [0.1, 0.15) is 22.5 Å². The molecule has 3 aromatic heterocycles. The molecule has 0 saturated carbocycles. The van der Waals surface area contributed by atoms with Gasteiger partial charge in [-0.3, -0.25) is 19.5 Å². The minimum atomic E-state index is -0.0362. The predicted octanol–water partition coefficient (Wildman–Crippen LogP) is 1.33. The highest BCUT2D eigenvalue weighted by molar-refractivity contribution is 5.76. The van der Waals surface area contributed by atoms with Gasteiger partial charge < -0.3 is 19.7 Å². The number of nitrogens with zero attached hydrogens (tertiary/aromatic N) is 8. The number of hydrogen-bond acceptors (Lipinski definition) is 10. The zero-order valence-electron chi connectivity index (χ0n) is 23.4. The molecule has 0 bridgehead atoms. The molecule has 13 nitrogen and oxygen atoms in total. The van der Waals surface area contributed by atoms with Gasteiger partial charge in [-0.05, 0) is 24.0 Å². The van der Waals surface area contributed by atoms with Crippen molar-refractivity contribution in [3.8, 4) is 17.0 Å². The third-order valence-electron chi connectivity index (χ3n) is 8.15. The van der Waals surface area contributed by atoms with E-state index in [1.807, 2.05) is 6.20 Å². The SMILES string of the molecule is O=C(Cn1cc(-c2cnc(NC3Cc4ccccc4C3)nc2)c(OCCN2CCOCC2)n1)N1CCc2[nH]nnc2C1. The van der Waals surface area contributed by atoms with Gasteiger partial charge in [0, 0.05) is 62.8 Å². The number of carbonyl (C=O) groups excluding carboxylic acids is 1. The number of amides is 1. The molecular formula is C29H34N10O3. The quantitative estimate of drug-likeness (QED) is 0.303. The number of rotatable bonds is 9. The van der Waals surface area contributed by atoms with E-state index in [9.17, 15) is 4.79 Å². The number of anilines is 1. The van der Waals surface area contributed by atoms with Gasteiger partial charge in [0.15, 0.2) is 0 Å². The Morgan fingerprint density at radius 2 is 1.88 bits per heavy atom. The highest BCUT2D eigenvalue weighted by atomic mass is 16.5. The molecule has 2 N–H and O–H groups in total. The van der Waals surface area contributed by atoms with E-state index in [0.717, 1.165) is 68.2 Å². The molecule has 2 aliphatic heterocycles. The monoisotopic (exact) mass is 570 g/mol. The number of morpholine rings is 1. The Balaban J connectivity index is 1.05. The minimum absolute atomic E-state index is 0.0362. The summed E-state index contributed by atoms with van der Waals surface area (Å²) < 4.78 is 13.3. The number of ether oxygens (including phenoxy) is 2. The number of carbonyl (C=O) groups is 1. The number of hydrogen-bond donors (Lipinski definition) is 2. The van der Waals surface area contributed by atoms with E-state index in [4.69, 9.17) is 9.47 Å². The van der Waals surface area contributed by atoms with E-state index in [1.54, 1.807) is 22.0 Å². The normalized spacial score (nSPS) is 17.2. The third kappa shape index (κ3) is 5.83. The summed E-state index contributed by atoms with van der Waals surface area (Å²) in [4.78, 5) is 26.5. The highest BCUT2D eigenvalue weighted by Crippen LogP contribution is 2.29. The molecule has 218 valence electrons. The Bertz CT molecular complexity index is 1500. The first-order valence-electron chi connectivity index (χ1n) is 14.5. The Morgan fingerprint density at radius 1 is 1.10 bits per heavy atom. The van der Waals surface area contributed by atoms with E-state index in [2.05, 4.69) is 65.0 Å². The first-order chi connectivity index (χ1) is 20.7. The zero-order valence-corrected chi connectivity index (χ0v) is 23.4. The van der Waals surface area contributed by atoms with Crippen molar-refractivity contribution in [2.45, 2.75) is 38.4 Å². The molecular weight excluding hydrogens is 536 g/mol. The number of fused-ring (bicyclic) bond motifs is 2. The summed E-state index contributed by atoms with van der Waals surface area (Å²) in [5.74, 6) is 1.02. The average Bonchev–Trinajstić information content (AvgIpc) is 3.76. The Kier molecular flexibility index (Phi) is 7.49. The summed E-state index contributed by atoms with van der Waals surface area (Å²) in [7, 11) is 0. The van der Waals surface area contributed by atoms with Gasteiger partial charge in [0.25, 0.3) is 0 Å². The van der Waals surface area contributed by atoms with Crippen molar-refractivity contribution in [2.24, 2.45) is 0 Å². The van der Waals surface area contributed by atoms with Crippen LogP contribution in [0, 0.1) is 0 Å². The van der Waals surface area contributed by atoms with Crippen LogP contribution in [0.2, 0.25) is 0 Å². The molecule has 0 radical (unpaired) electrons. The number of H-pyrrole nitrogens is 1. The summed E-state index contributed by atoms with van der Waals surface area (Å²) >= 11 is 0. The summed E-state index contributed by atoms with van der Waals surface area (Å²) in [5, 5.41) is 19.0. The maximum Gasteiger partial charge on any atom is 0.244 e. The van der Waals surface area contributed by atoms with Gasteiger partial charge in [0.2, 0.25) is 17.7 Å². The van der Waals surface area contributed by atoms with Crippen LogP contribution in [0.5, 0.6) is 5.88 Å². The van der Waals surface area contributed by atoms with Crippen molar-refractivity contribution in [1.29, 1.82) is 0 Å². The molecule has 13 heteroatoms. The third-order valence-corrected chi connectivity index (χ3v) is 8.15. The smallest absolute Gasteiger partial charge is 0.244 e. The zero-order chi connectivity index (χ0) is 28.3. The summed E-state index contributed by atoms with van der Waals surface area (Å²) in [6.07, 6.45) is 8.03. The Labute approximate surface area is 243 Å². The van der Waals surface area contributed by atoms with E-state index < -0.39 is 0 Å². The van der Waals surface area contributed by atoms with Crippen LogP contribution in [-0.4, -0.2) is 103 Å². The summed E-state index contributed by atoms with van der Waals surface area (Å²) in [6, 6.07) is 8.80. The molecule has 0 spiro atoms. The lowest BCUT2D eigenvalue weighted by Crippen LogP contribution is -2.38. The second-order valence-corrected chi connectivity index (χ2v) is 11.0. The van der Waals surface area contributed by atoms with Crippen LogP contribution in [0.25, 0.3) is 11.1 Å². The molecule has 1 fully saturated rings. The summed E-state index contributed by atoms with van der Waals surface area (Å²) in [6.45, 7) is 5.63.